The fourth-order valence-corrected chi connectivity index (χ4v) is 3.65. The molecule has 3 N–H and O–H groups in total. The molecule has 0 atom stereocenters. The predicted octanol–water partition coefficient (Wildman–Crippen LogP) is 3.52. The molecule has 3 aromatic rings. The smallest absolute Gasteiger partial charge is 0.257 e. The third kappa shape index (κ3) is 3.64. The van der Waals surface area contributed by atoms with Crippen LogP contribution in [0.1, 0.15) is 21.6 Å². The molecule has 1 amide bonds. The fourth-order valence-electron chi connectivity index (χ4n) is 3.65. The minimum atomic E-state index is -0.175. The Balaban J connectivity index is 1.65. The molecule has 1 aliphatic heterocycles. The van der Waals surface area contributed by atoms with E-state index in [9.17, 15) is 4.79 Å². The SMILES string of the molecule is Cc1cc(C)c2cc(NC(=O)c3cc(N)ccc3N3CCOCC3)ccc2n1. The molecule has 6 heteroatoms. The van der Waals surface area contributed by atoms with Gasteiger partial charge in [-0.15, -0.1) is 0 Å². The van der Waals surface area contributed by atoms with Crippen molar-refractivity contribution in [1.29, 1.82) is 0 Å². The molecule has 1 aliphatic rings. The number of hydrogen-bond donors (Lipinski definition) is 2. The van der Waals surface area contributed by atoms with Crippen molar-refractivity contribution in [3.05, 3.63) is 59.3 Å². The van der Waals surface area contributed by atoms with Crippen molar-refractivity contribution in [3.63, 3.8) is 0 Å². The van der Waals surface area contributed by atoms with Gasteiger partial charge in [-0.2, -0.15) is 0 Å². The van der Waals surface area contributed by atoms with E-state index in [2.05, 4.69) is 22.1 Å². The zero-order valence-electron chi connectivity index (χ0n) is 16.2. The number of nitrogen functional groups attached to an aromatic ring is 1. The van der Waals surface area contributed by atoms with Crippen LogP contribution < -0.4 is 16.0 Å². The maximum atomic E-state index is 13.1. The number of amides is 1. The molecule has 1 fully saturated rings. The van der Waals surface area contributed by atoms with E-state index in [1.165, 1.54) is 0 Å². The molecule has 1 aromatic heterocycles. The minimum absolute atomic E-state index is 0.175. The summed E-state index contributed by atoms with van der Waals surface area (Å²) in [4.78, 5) is 19.8. The van der Waals surface area contributed by atoms with Gasteiger partial charge in [0.05, 0.1) is 24.3 Å². The summed E-state index contributed by atoms with van der Waals surface area (Å²) in [6.07, 6.45) is 0. The summed E-state index contributed by atoms with van der Waals surface area (Å²) < 4.78 is 5.43. The molecule has 0 aliphatic carbocycles. The number of aryl methyl sites for hydroxylation is 2. The number of fused-ring (bicyclic) bond motifs is 1. The number of ether oxygens (including phenoxy) is 1. The van der Waals surface area contributed by atoms with Crippen molar-refractivity contribution in [2.45, 2.75) is 13.8 Å². The van der Waals surface area contributed by atoms with Gasteiger partial charge in [0.2, 0.25) is 0 Å². The first-order valence-corrected chi connectivity index (χ1v) is 9.43. The highest BCUT2D eigenvalue weighted by molar-refractivity contribution is 6.09. The van der Waals surface area contributed by atoms with E-state index in [0.717, 1.165) is 46.6 Å². The molecule has 2 heterocycles. The summed E-state index contributed by atoms with van der Waals surface area (Å²) in [5, 5.41) is 4.05. The summed E-state index contributed by atoms with van der Waals surface area (Å²) in [6, 6.07) is 13.3. The summed E-state index contributed by atoms with van der Waals surface area (Å²) in [5.74, 6) is -0.175. The van der Waals surface area contributed by atoms with Gasteiger partial charge in [-0.1, -0.05) is 0 Å². The van der Waals surface area contributed by atoms with Gasteiger partial charge in [0, 0.05) is 41.2 Å². The van der Waals surface area contributed by atoms with Crippen LogP contribution in [0.2, 0.25) is 0 Å². The Morgan fingerprint density at radius 2 is 1.89 bits per heavy atom. The number of nitrogens with one attached hydrogen (secondary N) is 1. The summed E-state index contributed by atoms with van der Waals surface area (Å²) in [6.45, 7) is 6.85. The van der Waals surface area contributed by atoms with E-state index in [1.807, 2.05) is 43.3 Å². The molecule has 1 saturated heterocycles. The monoisotopic (exact) mass is 376 g/mol. The van der Waals surface area contributed by atoms with Crippen LogP contribution in [0.25, 0.3) is 10.9 Å². The topological polar surface area (TPSA) is 80.5 Å². The number of nitrogens with two attached hydrogens (primary N) is 1. The summed E-state index contributed by atoms with van der Waals surface area (Å²) in [5.41, 5.74) is 11.8. The van der Waals surface area contributed by atoms with Crippen LogP contribution in [0.3, 0.4) is 0 Å². The highest BCUT2D eigenvalue weighted by Gasteiger charge is 2.19. The lowest BCUT2D eigenvalue weighted by atomic mass is 10.1. The number of morpholine rings is 1. The van der Waals surface area contributed by atoms with Crippen LogP contribution in [0, 0.1) is 13.8 Å². The quantitative estimate of drug-likeness (QED) is 0.684. The molecule has 6 nitrogen and oxygen atoms in total. The van der Waals surface area contributed by atoms with E-state index in [1.54, 1.807) is 6.07 Å². The van der Waals surface area contributed by atoms with Crippen molar-refractivity contribution in [1.82, 2.24) is 4.98 Å². The van der Waals surface area contributed by atoms with Crippen LogP contribution in [0.5, 0.6) is 0 Å². The Kier molecular flexibility index (Phi) is 4.88. The van der Waals surface area contributed by atoms with Crippen LogP contribution >= 0.6 is 0 Å². The third-order valence-electron chi connectivity index (χ3n) is 5.02. The van der Waals surface area contributed by atoms with Gasteiger partial charge in [-0.3, -0.25) is 9.78 Å². The maximum Gasteiger partial charge on any atom is 0.257 e. The number of benzene rings is 2. The van der Waals surface area contributed by atoms with Gasteiger partial charge in [-0.25, -0.2) is 0 Å². The highest BCUT2D eigenvalue weighted by atomic mass is 16.5. The number of nitrogens with zero attached hydrogens (tertiary/aromatic N) is 2. The number of carbonyl (C=O) groups is 1. The van der Waals surface area contributed by atoms with Gasteiger partial charge in [0.25, 0.3) is 5.91 Å². The highest BCUT2D eigenvalue weighted by Crippen LogP contribution is 2.27. The zero-order chi connectivity index (χ0) is 19.7. The maximum absolute atomic E-state index is 13.1. The van der Waals surface area contributed by atoms with Crippen LogP contribution in [-0.4, -0.2) is 37.2 Å². The van der Waals surface area contributed by atoms with Crippen molar-refractivity contribution in [2.24, 2.45) is 0 Å². The number of pyridine rings is 1. The second kappa shape index (κ2) is 7.48. The molecule has 0 unspecified atom stereocenters. The van der Waals surface area contributed by atoms with Crippen LogP contribution in [0.4, 0.5) is 17.1 Å². The lowest BCUT2D eigenvalue weighted by Crippen LogP contribution is -2.37. The standard InChI is InChI=1S/C22H24N4O2/c1-14-11-15(2)24-20-5-4-17(13-18(14)20)25-22(27)19-12-16(23)3-6-21(19)26-7-9-28-10-8-26/h3-6,11-13H,7-10,23H2,1-2H3,(H,25,27). The number of aromatic nitrogens is 1. The lowest BCUT2D eigenvalue weighted by Gasteiger charge is -2.30. The largest absolute Gasteiger partial charge is 0.399 e. The van der Waals surface area contributed by atoms with E-state index >= 15 is 0 Å². The number of rotatable bonds is 3. The van der Waals surface area contributed by atoms with E-state index in [0.29, 0.717) is 24.5 Å². The molecule has 144 valence electrons. The minimum Gasteiger partial charge on any atom is -0.399 e. The molecule has 2 aromatic carbocycles. The fraction of sp³-hybridized carbons (Fsp3) is 0.273. The molecule has 0 saturated carbocycles. The first kappa shape index (κ1) is 18.3. The normalized spacial score (nSPS) is 14.3. The van der Waals surface area contributed by atoms with Gasteiger partial charge in [0.15, 0.2) is 0 Å². The first-order valence-electron chi connectivity index (χ1n) is 9.43. The van der Waals surface area contributed by atoms with Crippen molar-refractivity contribution >= 4 is 33.9 Å². The summed E-state index contributed by atoms with van der Waals surface area (Å²) >= 11 is 0. The molecule has 0 radical (unpaired) electrons. The van der Waals surface area contributed by atoms with Crippen molar-refractivity contribution < 1.29 is 9.53 Å². The number of anilines is 3. The number of carbonyl (C=O) groups excluding carboxylic acids is 1. The van der Waals surface area contributed by atoms with E-state index in [-0.39, 0.29) is 5.91 Å². The summed E-state index contributed by atoms with van der Waals surface area (Å²) in [7, 11) is 0. The Morgan fingerprint density at radius 1 is 1.11 bits per heavy atom. The molecule has 0 spiro atoms. The van der Waals surface area contributed by atoms with Crippen LogP contribution in [-0.2, 0) is 4.74 Å². The van der Waals surface area contributed by atoms with E-state index in [4.69, 9.17) is 10.5 Å². The van der Waals surface area contributed by atoms with E-state index < -0.39 is 0 Å². The Hall–Kier alpha value is -3.12. The molecule has 0 bridgehead atoms. The van der Waals surface area contributed by atoms with Crippen molar-refractivity contribution in [3.8, 4) is 0 Å². The lowest BCUT2D eigenvalue weighted by molar-refractivity contribution is 0.102. The van der Waals surface area contributed by atoms with Crippen molar-refractivity contribution in [2.75, 3.05) is 42.3 Å². The Labute approximate surface area is 164 Å². The molecule has 28 heavy (non-hydrogen) atoms. The van der Waals surface area contributed by atoms with Gasteiger partial charge in [-0.05, 0) is 61.9 Å². The predicted molar refractivity (Wildman–Crippen MR) is 113 cm³/mol. The third-order valence-corrected chi connectivity index (χ3v) is 5.02. The Morgan fingerprint density at radius 3 is 2.68 bits per heavy atom. The van der Waals surface area contributed by atoms with Gasteiger partial charge in [0.1, 0.15) is 0 Å². The second-order valence-electron chi connectivity index (χ2n) is 7.14. The molecule has 4 rings (SSSR count). The van der Waals surface area contributed by atoms with Gasteiger partial charge < -0.3 is 20.7 Å². The molecular weight excluding hydrogens is 352 g/mol. The Bertz CT molecular complexity index is 1040. The van der Waals surface area contributed by atoms with Crippen LogP contribution in [0.15, 0.2) is 42.5 Å². The first-order chi connectivity index (χ1) is 13.5. The average molecular weight is 376 g/mol. The van der Waals surface area contributed by atoms with Gasteiger partial charge >= 0.3 is 0 Å². The number of hydrogen-bond acceptors (Lipinski definition) is 5. The zero-order valence-corrected chi connectivity index (χ0v) is 16.2. The second-order valence-corrected chi connectivity index (χ2v) is 7.14. The molecular formula is C22H24N4O2. The average Bonchev–Trinajstić information content (AvgIpc) is 2.69.